The number of amides is 2. The van der Waals surface area contributed by atoms with Crippen molar-refractivity contribution in [2.24, 2.45) is 5.92 Å². The van der Waals surface area contributed by atoms with Gasteiger partial charge in [0.25, 0.3) is 0 Å². The summed E-state index contributed by atoms with van der Waals surface area (Å²) in [5.74, 6) is -2.13. The number of benzene rings is 1. The first-order chi connectivity index (χ1) is 12.8. The summed E-state index contributed by atoms with van der Waals surface area (Å²) in [6.07, 6.45) is 3.52. The zero-order chi connectivity index (χ0) is 19.8. The van der Waals surface area contributed by atoms with Gasteiger partial charge in [-0.1, -0.05) is 12.6 Å². The first kappa shape index (κ1) is 19.5. The van der Waals surface area contributed by atoms with E-state index < -0.39 is 17.2 Å². The topological polar surface area (TPSA) is 40.6 Å². The van der Waals surface area contributed by atoms with Crippen LogP contribution < -0.4 is 0 Å². The van der Waals surface area contributed by atoms with E-state index in [2.05, 4.69) is 6.58 Å². The van der Waals surface area contributed by atoms with Gasteiger partial charge in [0.15, 0.2) is 11.6 Å². The van der Waals surface area contributed by atoms with Crippen molar-refractivity contribution in [2.45, 2.75) is 44.6 Å². The Morgan fingerprint density at radius 2 is 1.93 bits per heavy atom. The predicted octanol–water partition coefficient (Wildman–Crippen LogP) is 3.48. The van der Waals surface area contributed by atoms with Crippen LogP contribution in [-0.4, -0.2) is 46.8 Å². The van der Waals surface area contributed by atoms with E-state index in [0.29, 0.717) is 31.6 Å². The van der Waals surface area contributed by atoms with E-state index in [1.807, 2.05) is 18.7 Å². The van der Waals surface area contributed by atoms with Crippen LogP contribution in [-0.2, 0) is 9.59 Å². The third-order valence-electron chi connectivity index (χ3n) is 6.06. The van der Waals surface area contributed by atoms with Gasteiger partial charge in [-0.3, -0.25) is 9.59 Å². The van der Waals surface area contributed by atoms with E-state index in [4.69, 9.17) is 0 Å². The van der Waals surface area contributed by atoms with Crippen LogP contribution in [0.25, 0.3) is 0 Å². The van der Waals surface area contributed by atoms with Gasteiger partial charge in [-0.05, 0) is 56.9 Å². The molecule has 2 amide bonds. The molecule has 2 aliphatic rings. The Kier molecular flexibility index (Phi) is 5.36. The standard InChI is InChI=1S/C21H26F2N2O2/c1-4-19(26)24-10-5-6-15(13-24)20(27)25-11-9-16(21(25,2)3)14-7-8-17(22)18(23)12-14/h4,7-8,12,15-16H,1,5-6,9-11,13H2,2-3H3. The Morgan fingerprint density at radius 3 is 2.59 bits per heavy atom. The molecule has 27 heavy (non-hydrogen) atoms. The maximum absolute atomic E-state index is 13.7. The van der Waals surface area contributed by atoms with Gasteiger partial charge in [-0.2, -0.15) is 0 Å². The number of carbonyl (C=O) groups excluding carboxylic acids is 2. The molecule has 2 unspecified atom stereocenters. The molecule has 0 spiro atoms. The minimum atomic E-state index is -0.864. The van der Waals surface area contributed by atoms with E-state index in [1.54, 1.807) is 11.0 Å². The maximum atomic E-state index is 13.7. The highest BCUT2D eigenvalue weighted by Gasteiger charge is 2.46. The molecule has 0 aliphatic carbocycles. The van der Waals surface area contributed by atoms with Crippen LogP contribution in [0.1, 0.15) is 44.6 Å². The van der Waals surface area contributed by atoms with Crippen LogP contribution in [0.2, 0.25) is 0 Å². The van der Waals surface area contributed by atoms with E-state index in [9.17, 15) is 18.4 Å². The lowest BCUT2D eigenvalue weighted by atomic mass is 9.82. The molecule has 2 heterocycles. The summed E-state index contributed by atoms with van der Waals surface area (Å²) in [5.41, 5.74) is 0.202. The summed E-state index contributed by atoms with van der Waals surface area (Å²) < 4.78 is 27.0. The first-order valence-electron chi connectivity index (χ1n) is 9.43. The normalized spacial score (nSPS) is 24.7. The van der Waals surface area contributed by atoms with Gasteiger partial charge in [0.2, 0.25) is 11.8 Å². The molecule has 0 N–H and O–H groups in total. The lowest BCUT2D eigenvalue weighted by molar-refractivity contribution is -0.142. The van der Waals surface area contributed by atoms with Crippen LogP contribution in [0, 0.1) is 17.6 Å². The van der Waals surface area contributed by atoms with Crippen LogP contribution in [0.5, 0.6) is 0 Å². The Morgan fingerprint density at radius 1 is 1.19 bits per heavy atom. The summed E-state index contributed by atoms with van der Waals surface area (Å²) in [7, 11) is 0. The largest absolute Gasteiger partial charge is 0.338 e. The highest BCUT2D eigenvalue weighted by molar-refractivity contribution is 5.88. The molecule has 3 rings (SSSR count). The zero-order valence-corrected chi connectivity index (χ0v) is 15.9. The second-order valence-electron chi connectivity index (χ2n) is 7.99. The monoisotopic (exact) mass is 376 g/mol. The summed E-state index contributed by atoms with van der Waals surface area (Å²) >= 11 is 0. The van der Waals surface area contributed by atoms with Crippen molar-refractivity contribution in [3.05, 3.63) is 48.1 Å². The van der Waals surface area contributed by atoms with Gasteiger partial charge in [0, 0.05) is 31.1 Å². The highest BCUT2D eigenvalue weighted by Crippen LogP contribution is 2.43. The maximum Gasteiger partial charge on any atom is 0.245 e. The van der Waals surface area contributed by atoms with Crippen molar-refractivity contribution in [2.75, 3.05) is 19.6 Å². The number of piperidine rings is 1. The molecule has 2 aliphatic heterocycles. The fourth-order valence-corrected chi connectivity index (χ4v) is 4.51. The Hall–Kier alpha value is -2.24. The van der Waals surface area contributed by atoms with E-state index in [0.717, 1.165) is 18.9 Å². The second-order valence-corrected chi connectivity index (χ2v) is 7.99. The molecule has 6 heteroatoms. The molecular formula is C21H26F2N2O2. The lowest BCUT2D eigenvalue weighted by Crippen LogP contribution is -2.51. The summed E-state index contributed by atoms with van der Waals surface area (Å²) in [5, 5.41) is 0. The smallest absolute Gasteiger partial charge is 0.245 e. The van der Waals surface area contributed by atoms with Crippen LogP contribution in [0.15, 0.2) is 30.9 Å². The van der Waals surface area contributed by atoms with Gasteiger partial charge in [-0.25, -0.2) is 8.78 Å². The van der Waals surface area contributed by atoms with Gasteiger partial charge in [0.05, 0.1) is 5.92 Å². The summed E-state index contributed by atoms with van der Waals surface area (Å²) in [4.78, 5) is 28.6. The third-order valence-corrected chi connectivity index (χ3v) is 6.06. The Labute approximate surface area is 158 Å². The van der Waals surface area contributed by atoms with Crippen LogP contribution >= 0.6 is 0 Å². The fraction of sp³-hybridized carbons (Fsp3) is 0.524. The van der Waals surface area contributed by atoms with Crippen molar-refractivity contribution >= 4 is 11.8 Å². The Bertz CT molecular complexity index is 763. The number of carbonyl (C=O) groups is 2. The molecule has 0 saturated carbocycles. The SMILES string of the molecule is C=CC(=O)N1CCCC(C(=O)N2CCC(c3ccc(F)c(F)c3)C2(C)C)C1. The molecule has 2 fully saturated rings. The van der Waals surface area contributed by atoms with Crippen molar-refractivity contribution in [3.63, 3.8) is 0 Å². The molecule has 2 saturated heterocycles. The highest BCUT2D eigenvalue weighted by atomic mass is 19.2. The number of nitrogens with zero attached hydrogens (tertiary/aromatic N) is 2. The van der Waals surface area contributed by atoms with Crippen LogP contribution in [0.4, 0.5) is 8.78 Å². The average molecular weight is 376 g/mol. The van der Waals surface area contributed by atoms with E-state index >= 15 is 0 Å². The third kappa shape index (κ3) is 3.62. The minimum Gasteiger partial charge on any atom is -0.338 e. The van der Waals surface area contributed by atoms with Crippen molar-refractivity contribution in [1.29, 1.82) is 0 Å². The number of hydrogen-bond donors (Lipinski definition) is 0. The fourth-order valence-electron chi connectivity index (χ4n) is 4.51. The molecule has 4 nitrogen and oxygen atoms in total. The van der Waals surface area contributed by atoms with Crippen molar-refractivity contribution in [3.8, 4) is 0 Å². The van der Waals surface area contributed by atoms with Gasteiger partial charge in [-0.15, -0.1) is 0 Å². The number of hydrogen-bond acceptors (Lipinski definition) is 2. The van der Waals surface area contributed by atoms with Crippen molar-refractivity contribution < 1.29 is 18.4 Å². The van der Waals surface area contributed by atoms with E-state index in [-0.39, 0.29) is 23.7 Å². The van der Waals surface area contributed by atoms with Crippen LogP contribution in [0.3, 0.4) is 0 Å². The molecule has 146 valence electrons. The molecule has 0 aromatic heterocycles. The summed E-state index contributed by atoms with van der Waals surface area (Å²) in [6.45, 7) is 9.09. The molecule has 2 atom stereocenters. The van der Waals surface area contributed by atoms with Gasteiger partial charge in [0.1, 0.15) is 0 Å². The van der Waals surface area contributed by atoms with Crippen molar-refractivity contribution in [1.82, 2.24) is 9.80 Å². The average Bonchev–Trinajstić information content (AvgIpc) is 2.97. The number of rotatable bonds is 3. The quantitative estimate of drug-likeness (QED) is 0.758. The molecule has 0 radical (unpaired) electrons. The zero-order valence-electron chi connectivity index (χ0n) is 15.9. The second kappa shape index (κ2) is 7.41. The van der Waals surface area contributed by atoms with Gasteiger partial charge >= 0.3 is 0 Å². The number of likely N-dealkylation sites (tertiary alicyclic amines) is 2. The number of halogens is 2. The molecular weight excluding hydrogens is 350 g/mol. The molecule has 1 aromatic carbocycles. The minimum absolute atomic E-state index is 0.0339. The van der Waals surface area contributed by atoms with E-state index in [1.165, 1.54) is 12.1 Å². The lowest BCUT2D eigenvalue weighted by Gasteiger charge is -2.40. The summed E-state index contributed by atoms with van der Waals surface area (Å²) in [6, 6.07) is 3.98. The molecule has 1 aromatic rings. The first-order valence-corrected chi connectivity index (χ1v) is 9.43. The Balaban J connectivity index is 1.77. The predicted molar refractivity (Wildman–Crippen MR) is 99.0 cm³/mol. The van der Waals surface area contributed by atoms with Gasteiger partial charge < -0.3 is 9.80 Å². The molecule has 0 bridgehead atoms.